The number of halogens is 27. The summed E-state index contributed by atoms with van der Waals surface area (Å²) in [6.07, 6.45) is -35.7. The van der Waals surface area contributed by atoms with Crippen LogP contribution in [0.3, 0.4) is 0 Å². The standard InChI is InChI=1S/2C24H24Cl2F7N3O3S.C23H22Cl2F7N3O4S.CH4/c2*1-20(2,39)9-34-17(37)18-35-15(19(38)36-8-7-21(3,27)10-36)16(40-18)11-5-6-12(14(26)13(11)25)22(4,23(28,29)30)24(31,32)33;1-19(2,38)8-33-16(36)17-34-14(18(37)35-7-6-20(3,26)9-35)15(40-17)10-4-5-11(13(25)12(10)24)21(39,22(27,28)29)23(30,31)32;/h2*5-6,39H,7-10H2,1-4H3,(H,34,37);4-5,38-39H,6-9H2,1-3H3,(H,33,36);1H4/t21-;;20-;/m1.0./s1. The molecule has 6 amide bonds. The first-order valence-corrected chi connectivity index (χ1v) is 39.3. The monoisotopic (exact) mass is 1930 g/mol. The number of hydrogen-bond donors (Lipinski definition) is 7. The van der Waals surface area contributed by atoms with Crippen LogP contribution < -0.4 is 16.0 Å². The lowest BCUT2D eigenvalue weighted by atomic mass is 9.80. The number of rotatable bonds is 18. The Morgan fingerprint density at radius 1 is 0.380 bits per heavy atom. The molecule has 3 saturated heterocycles. The van der Waals surface area contributed by atoms with Gasteiger partial charge in [0.15, 0.2) is 25.9 Å². The minimum absolute atomic E-state index is 0. The van der Waals surface area contributed by atoms with E-state index in [-0.39, 0.29) is 152 Å². The lowest BCUT2D eigenvalue weighted by Crippen LogP contribution is -2.54. The first-order chi connectivity index (χ1) is 54.0. The second-order valence-electron chi connectivity index (χ2n) is 31.1. The fraction of sp³-hybridized carbons (Fsp3) is 0.542. The van der Waals surface area contributed by atoms with Gasteiger partial charge in [-0.25, -0.2) is 28.1 Å². The van der Waals surface area contributed by atoms with Crippen LogP contribution in [0.2, 0.25) is 30.1 Å². The van der Waals surface area contributed by atoms with Crippen molar-refractivity contribution in [2.45, 2.75) is 190 Å². The van der Waals surface area contributed by atoms with Crippen LogP contribution >= 0.6 is 104 Å². The van der Waals surface area contributed by atoms with Crippen molar-refractivity contribution in [2.24, 2.45) is 0 Å². The number of hydrogen-bond acceptors (Lipinski definition) is 16. The van der Waals surface area contributed by atoms with E-state index in [4.69, 9.17) is 69.6 Å². The quantitative estimate of drug-likeness (QED) is 0.0395. The van der Waals surface area contributed by atoms with Crippen molar-refractivity contribution in [2.75, 3.05) is 58.9 Å². The van der Waals surface area contributed by atoms with E-state index in [2.05, 4.69) is 30.9 Å². The summed E-state index contributed by atoms with van der Waals surface area (Å²) in [6.45, 7) is 10.4. The second kappa shape index (κ2) is 35.7. The molecule has 3 aromatic carbocycles. The van der Waals surface area contributed by atoms with Crippen molar-refractivity contribution in [3.05, 3.63) is 115 Å². The fourth-order valence-corrected chi connectivity index (χ4v) is 16.7. The Balaban J connectivity index is 0.000000280. The average Bonchev–Trinajstić information content (AvgIpc) is 1.25. The highest BCUT2D eigenvalue weighted by molar-refractivity contribution is 7.18. The van der Waals surface area contributed by atoms with Crippen LogP contribution in [-0.4, -0.2) is 215 Å². The molecule has 6 heterocycles. The average molecular weight is 1930 g/mol. The van der Waals surface area contributed by atoms with Gasteiger partial charge in [-0.1, -0.05) is 113 Å². The number of nitrogens with zero attached hydrogens (tertiary/aromatic N) is 6. The molecular weight excluding hydrogens is 1860 g/mol. The van der Waals surface area contributed by atoms with E-state index in [0.717, 1.165) is 26.8 Å². The van der Waals surface area contributed by atoms with Gasteiger partial charge in [0.1, 0.15) is 34.1 Å². The number of nitrogens with one attached hydrogen (secondary N) is 3. The molecule has 1 unspecified atom stereocenters. The third-order valence-electron chi connectivity index (χ3n) is 18.8. The van der Waals surface area contributed by atoms with Gasteiger partial charge in [0.25, 0.3) is 41.0 Å². The minimum Gasteiger partial charge on any atom is -0.389 e. The Morgan fingerprint density at radius 2 is 0.595 bits per heavy atom. The van der Waals surface area contributed by atoms with Gasteiger partial charge in [0.2, 0.25) is 0 Å². The molecule has 3 atom stereocenters. The molecule has 19 nitrogen and oxygen atoms in total. The van der Waals surface area contributed by atoms with Gasteiger partial charge in [0, 0.05) is 80.8 Å². The van der Waals surface area contributed by atoms with E-state index < -0.39 is 187 Å². The number of thiazole rings is 3. The molecule has 674 valence electrons. The predicted molar refractivity (Wildman–Crippen MR) is 410 cm³/mol. The zero-order chi connectivity index (χ0) is 91.9. The van der Waals surface area contributed by atoms with Crippen molar-refractivity contribution in [3.63, 3.8) is 0 Å². The Morgan fingerprint density at radius 3 is 0.785 bits per heavy atom. The third-order valence-corrected chi connectivity index (χ3v) is 24.7. The molecule has 0 bridgehead atoms. The molecular formula is C72H74Cl6F21N9O10S3. The van der Waals surface area contributed by atoms with Crippen LogP contribution in [0.25, 0.3) is 31.3 Å². The van der Waals surface area contributed by atoms with Gasteiger partial charge >= 0.3 is 37.1 Å². The SMILES string of the molecule is C.CC(C)(O)CNC(=O)c1nc(C(=O)N2CCC(C)(F)C2)c(-c2ccc(C(C)(C(F)(F)F)C(F)(F)F)c(Cl)c2Cl)s1.CC(C)(O)CNC(=O)c1nc(C(=O)N2CC[C@@](C)(F)C2)c(-c2ccc(C(C)(C(F)(F)F)C(F)(F)F)c(Cl)c2Cl)s1.CC(C)(O)CNC(=O)c1nc(C(=O)N2CC[C@](C)(F)C2)c(-c2ccc(C(O)(C(F)(F)F)C(F)(F)F)c(Cl)c2Cl)s1. The number of aliphatic hydroxyl groups is 4. The zero-order valence-corrected chi connectivity index (χ0v) is 70.8. The van der Waals surface area contributed by atoms with Crippen LogP contribution in [-0.2, 0) is 16.4 Å². The first kappa shape index (κ1) is 103. The van der Waals surface area contributed by atoms with Crippen LogP contribution in [0.15, 0.2) is 36.4 Å². The van der Waals surface area contributed by atoms with E-state index in [1.165, 1.54) is 62.3 Å². The molecule has 0 aliphatic carbocycles. The lowest BCUT2D eigenvalue weighted by Gasteiger charge is -2.35. The number of carbonyl (C=O) groups excluding carboxylic acids is 6. The summed E-state index contributed by atoms with van der Waals surface area (Å²) in [5.41, 5.74) is -30.0. The van der Waals surface area contributed by atoms with E-state index in [1.54, 1.807) is 0 Å². The van der Waals surface area contributed by atoms with Crippen molar-refractivity contribution >= 4 is 139 Å². The summed E-state index contributed by atoms with van der Waals surface area (Å²) in [6, 6.07) is 3.57. The summed E-state index contributed by atoms with van der Waals surface area (Å²) in [5, 5.41) is 39.8. The summed E-state index contributed by atoms with van der Waals surface area (Å²) in [7, 11) is 0. The van der Waals surface area contributed by atoms with Gasteiger partial charge in [-0.2, -0.15) is 79.0 Å². The Labute approximate surface area is 717 Å². The van der Waals surface area contributed by atoms with Gasteiger partial charge < -0.3 is 51.1 Å². The lowest BCUT2D eigenvalue weighted by molar-refractivity contribution is -0.376. The Bertz CT molecular complexity index is 4400. The fourth-order valence-electron chi connectivity index (χ4n) is 11.7. The smallest absolute Gasteiger partial charge is 0.389 e. The molecule has 7 N–H and O–H groups in total. The number of carbonyl (C=O) groups is 6. The highest BCUT2D eigenvalue weighted by Crippen LogP contribution is 2.59. The van der Waals surface area contributed by atoms with Gasteiger partial charge in [-0.05, 0) is 87.3 Å². The number of amides is 6. The van der Waals surface area contributed by atoms with Crippen LogP contribution in [0, 0.1) is 0 Å². The summed E-state index contributed by atoms with van der Waals surface area (Å²) < 4.78 is 288. The van der Waals surface area contributed by atoms with E-state index in [0.29, 0.717) is 52.2 Å². The highest BCUT2D eigenvalue weighted by Gasteiger charge is 2.73. The summed E-state index contributed by atoms with van der Waals surface area (Å²) in [5.74, 6) is -5.07. The van der Waals surface area contributed by atoms with Crippen molar-refractivity contribution in [1.82, 2.24) is 45.6 Å². The Hall–Kier alpha value is -6.52. The van der Waals surface area contributed by atoms with Gasteiger partial charge in [-0.15, -0.1) is 34.0 Å². The third kappa shape index (κ3) is 22.3. The maximum Gasteiger partial charge on any atom is 0.430 e. The molecule has 0 spiro atoms. The van der Waals surface area contributed by atoms with Crippen molar-refractivity contribution in [1.29, 1.82) is 0 Å². The normalized spacial score (nSPS) is 18.6. The Kier molecular flexibility index (Phi) is 30.5. The molecule has 121 heavy (non-hydrogen) atoms. The maximum atomic E-state index is 14.5. The van der Waals surface area contributed by atoms with E-state index in [9.17, 15) is 141 Å². The van der Waals surface area contributed by atoms with Crippen LogP contribution in [0.1, 0.15) is 180 Å². The molecule has 49 heteroatoms. The molecule has 6 aromatic rings. The molecule has 3 aliphatic heterocycles. The second-order valence-corrected chi connectivity index (χ2v) is 36.3. The minimum atomic E-state index is -6.24. The number of likely N-dealkylation sites (tertiary alicyclic amines) is 3. The number of benzene rings is 3. The van der Waals surface area contributed by atoms with Crippen molar-refractivity contribution < 1.29 is 141 Å². The van der Waals surface area contributed by atoms with Crippen molar-refractivity contribution in [3.8, 4) is 31.3 Å². The van der Waals surface area contributed by atoms with E-state index in [1.807, 2.05) is 0 Å². The maximum absolute atomic E-state index is 14.5. The van der Waals surface area contributed by atoms with Crippen LogP contribution in [0.4, 0.5) is 92.2 Å². The first-order valence-electron chi connectivity index (χ1n) is 34.6. The van der Waals surface area contributed by atoms with Crippen LogP contribution in [0.5, 0.6) is 0 Å². The molecule has 3 fully saturated rings. The van der Waals surface area contributed by atoms with Gasteiger partial charge in [-0.3, -0.25) is 28.8 Å². The number of alkyl halides is 21. The van der Waals surface area contributed by atoms with Gasteiger partial charge in [0.05, 0.1) is 81.2 Å². The topological polar surface area (TPSA) is 268 Å². The molecule has 0 saturated carbocycles. The number of aromatic nitrogens is 3. The molecule has 3 aromatic heterocycles. The summed E-state index contributed by atoms with van der Waals surface area (Å²) >= 11 is 38.1. The zero-order valence-electron chi connectivity index (χ0n) is 63.8. The molecule has 3 aliphatic rings. The van der Waals surface area contributed by atoms with E-state index >= 15 is 0 Å². The highest BCUT2D eigenvalue weighted by atomic mass is 35.5. The predicted octanol–water partition coefficient (Wildman–Crippen LogP) is 19.3. The summed E-state index contributed by atoms with van der Waals surface area (Å²) in [4.78, 5) is 92.9. The molecule has 9 rings (SSSR count). The molecule has 0 radical (unpaired) electrons. The largest absolute Gasteiger partial charge is 0.430 e.